The molecule has 1 aliphatic heterocycles. The SMILES string of the molecule is Fc1ccnc(-c2cc(-c3ccc4c(c3)OCO4)n[nH]2)c1. The zero-order valence-corrected chi connectivity index (χ0v) is 10.8. The number of fused-ring (bicyclic) bond motifs is 1. The van der Waals surface area contributed by atoms with Crippen molar-refractivity contribution in [3.05, 3.63) is 48.4 Å². The van der Waals surface area contributed by atoms with Crippen LogP contribution in [0.2, 0.25) is 0 Å². The predicted molar refractivity (Wildman–Crippen MR) is 73.3 cm³/mol. The number of halogens is 1. The molecule has 1 N–H and O–H groups in total. The van der Waals surface area contributed by atoms with Gasteiger partial charge in [-0.05, 0) is 30.3 Å². The number of nitrogens with zero attached hydrogens (tertiary/aromatic N) is 2. The Balaban J connectivity index is 1.71. The van der Waals surface area contributed by atoms with E-state index in [1.54, 1.807) is 0 Å². The first-order valence-corrected chi connectivity index (χ1v) is 6.37. The lowest BCUT2D eigenvalue weighted by Gasteiger charge is -1.99. The molecule has 0 amide bonds. The normalized spacial score (nSPS) is 12.6. The van der Waals surface area contributed by atoms with Crippen molar-refractivity contribution in [1.29, 1.82) is 0 Å². The largest absolute Gasteiger partial charge is 0.454 e. The number of ether oxygens (including phenoxy) is 2. The summed E-state index contributed by atoms with van der Waals surface area (Å²) in [6, 6.07) is 10.1. The lowest BCUT2D eigenvalue weighted by atomic mass is 10.1. The van der Waals surface area contributed by atoms with Crippen molar-refractivity contribution < 1.29 is 13.9 Å². The number of hydrogen-bond donors (Lipinski definition) is 1. The maximum absolute atomic E-state index is 13.2. The summed E-state index contributed by atoms with van der Waals surface area (Å²) >= 11 is 0. The molecule has 1 aromatic carbocycles. The summed E-state index contributed by atoms with van der Waals surface area (Å²) in [7, 11) is 0. The summed E-state index contributed by atoms with van der Waals surface area (Å²) in [5.41, 5.74) is 2.78. The molecule has 0 unspecified atom stereocenters. The molecule has 0 radical (unpaired) electrons. The highest BCUT2D eigenvalue weighted by atomic mass is 19.1. The minimum atomic E-state index is -0.334. The molecule has 21 heavy (non-hydrogen) atoms. The Labute approximate surface area is 119 Å². The summed E-state index contributed by atoms with van der Waals surface area (Å²) in [6.07, 6.45) is 1.42. The van der Waals surface area contributed by atoms with Crippen LogP contribution in [0.25, 0.3) is 22.6 Å². The maximum Gasteiger partial charge on any atom is 0.231 e. The van der Waals surface area contributed by atoms with Crippen molar-refractivity contribution in [2.75, 3.05) is 6.79 Å². The van der Waals surface area contributed by atoms with E-state index < -0.39 is 0 Å². The van der Waals surface area contributed by atoms with Crippen LogP contribution in [0, 0.1) is 5.82 Å². The Morgan fingerprint density at radius 1 is 1.00 bits per heavy atom. The molecule has 0 spiro atoms. The first-order valence-electron chi connectivity index (χ1n) is 6.37. The van der Waals surface area contributed by atoms with E-state index in [1.807, 2.05) is 24.3 Å². The summed E-state index contributed by atoms with van der Waals surface area (Å²) < 4.78 is 23.8. The molecule has 0 fully saturated rings. The number of nitrogens with one attached hydrogen (secondary N) is 1. The Hall–Kier alpha value is -2.89. The van der Waals surface area contributed by atoms with E-state index in [-0.39, 0.29) is 12.6 Å². The zero-order chi connectivity index (χ0) is 14.2. The first kappa shape index (κ1) is 11.9. The maximum atomic E-state index is 13.2. The van der Waals surface area contributed by atoms with Gasteiger partial charge in [0.15, 0.2) is 11.5 Å². The number of aromatic nitrogens is 3. The highest BCUT2D eigenvalue weighted by molar-refractivity contribution is 5.68. The second-order valence-electron chi connectivity index (χ2n) is 4.59. The van der Waals surface area contributed by atoms with Gasteiger partial charge in [-0.15, -0.1) is 0 Å². The lowest BCUT2D eigenvalue weighted by molar-refractivity contribution is 0.174. The lowest BCUT2D eigenvalue weighted by Crippen LogP contribution is -1.92. The molecule has 4 rings (SSSR count). The monoisotopic (exact) mass is 283 g/mol. The summed E-state index contributed by atoms with van der Waals surface area (Å²) in [6.45, 7) is 0.234. The Kier molecular flexibility index (Phi) is 2.60. The van der Waals surface area contributed by atoms with Gasteiger partial charge in [-0.25, -0.2) is 4.39 Å². The number of pyridine rings is 1. The third-order valence-corrected chi connectivity index (χ3v) is 3.24. The van der Waals surface area contributed by atoms with Gasteiger partial charge in [0.25, 0.3) is 0 Å². The van der Waals surface area contributed by atoms with Crippen LogP contribution in [0.4, 0.5) is 4.39 Å². The third kappa shape index (κ3) is 2.10. The average Bonchev–Trinajstić information content (AvgIpc) is 3.15. The fourth-order valence-electron chi connectivity index (χ4n) is 2.21. The number of hydrogen-bond acceptors (Lipinski definition) is 4. The van der Waals surface area contributed by atoms with Crippen LogP contribution in [0.1, 0.15) is 0 Å². The molecular weight excluding hydrogens is 273 g/mol. The predicted octanol–water partition coefficient (Wildman–Crippen LogP) is 3.01. The average molecular weight is 283 g/mol. The number of H-pyrrole nitrogens is 1. The highest BCUT2D eigenvalue weighted by Crippen LogP contribution is 2.35. The van der Waals surface area contributed by atoms with Crippen LogP contribution in [-0.2, 0) is 0 Å². The van der Waals surface area contributed by atoms with Crippen LogP contribution < -0.4 is 9.47 Å². The van der Waals surface area contributed by atoms with Crippen LogP contribution in [-0.4, -0.2) is 22.0 Å². The van der Waals surface area contributed by atoms with E-state index in [2.05, 4.69) is 15.2 Å². The standard InChI is InChI=1S/C15H10FN3O2/c16-10-3-4-17-12(6-10)13-7-11(18-19-13)9-1-2-14-15(5-9)21-8-20-14/h1-7H,8H2,(H,18,19). The van der Waals surface area contributed by atoms with Gasteiger partial charge in [0.1, 0.15) is 5.82 Å². The molecule has 0 aliphatic carbocycles. The van der Waals surface area contributed by atoms with Gasteiger partial charge in [-0.2, -0.15) is 5.10 Å². The summed E-state index contributed by atoms with van der Waals surface area (Å²) in [5.74, 6) is 1.08. The van der Waals surface area contributed by atoms with Crippen molar-refractivity contribution in [2.45, 2.75) is 0 Å². The molecule has 3 heterocycles. The van der Waals surface area contributed by atoms with E-state index in [0.29, 0.717) is 17.1 Å². The second kappa shape index (κ2) is 4.59. The fraction of sp³-hybridized carbons (Fsp3) is 0.0667. The van der Waals surface area contributed by atoms with Gasteiger partial charge >= 0.3 is 0 Å². The van der Waals surface area contributed by atoms with E-state index in [0.717, 1.165) is 17.0 Å². The molecule has 3 aromatic rings. The van der Waals surface area contributed by atoms with E-state index in [9.17, 15) is 4.39 Å². The summed E-state index contributed by atoms with van der Waals surface area (Å²) in [5, 5.41) is 7.10. The van der Waals surface area contributed by atoms with E-state index in [1.165, 1.54) is 18.3 Å². The molecule has 0 bridgehead atoms. The van der Waals surface area contributed by atoms with Crippen molar-refractivity contribution >= 4 is 0 Å². The van der Waals surface area contributed by atoms with E-state index in [4.69, 9.17) is 9.47 Å². The van der Waals surface area contributed by atoms with Crippen LogP contribution in [0.5, 0.6) is 11.5 Å². The summed E-state index contributed by atoms with van der Waals surface area (Å²) in [4.78, 5) is 4.12. The smallest absolute Gasteiger partial charge is 0.231 e. The zero-order valence-electron chi connectivity index (χ0n) is 10.8. The first-order chi connectivity index (χ1) is 10.3. The van der Waals surface area contributed by atoms with Crippen LogP contribution >= 0.6 is 0 Å². The van der Waals surface area contributed by atoms with Crippen LogP contribution in [0.3, 0.4) is 0 Å². The van der Waals surface area contributed by atoms with Crippen molar-refractivity contribution in [3.63, 3.8) is 0 Å². The fourth-order valence-corrected chi connectivity index (χ4v) is 2.21. The number of rotatable bonds is 2. The molecule has 0 atom stereocenters. The highest BCUT2D eigenvalue weighted by Gasteiger charge is 2.15. The minimum Gasteiger partial charge on any atom is -0.454 e. The molecule has 0 saturated heterocycles. The quantitative estimate of drug-likeness (QED) is 0.785. The Bertz CT molecular complexity index is 816. The van der Waals surface area contributed by atoms with Crippen LogP contribution in [0.15, 0.2) is 42.6 Å². The second-order valence-corrected chi connectivity index (χ2v) is 4.59. The van der Waals surface area contributed by atoms with Gasteiger partial charge < -0.3 is 9.47 Å². The molecule has 104 valence electrons. The minimum absolute atomic E-state index is 0.234. The molecule has 1 aliphatic rings. The molecule has 0 saturated carbocycles. The number of benzene rings is 1. The van der Waals surface area contributed by atoms with Gasteiger partial charge in [0, 0.05) is 17.8 Å². The molecular formula is C15H10FN3O2. The Morgan fingerprint density at radius 3 is 2.81 bits per heavy atom. The van der Waals surface area contributed by atoms with Gasteiger partial charge in [-0.1, -0.05) is 0 Å². The number of aromatic amines is 1. The van der Waals surface area contributed by atoms with Crippen molar-refractivity contribution in [3.8, 4) is 34.1 Å². The van der Waals surface area contributed by atoms with Crippen molar-refractivity contribution in [2.24, 2.45) is 0 Å². The topological polar surface area (TPSA) is 60.0 Å². The molecule has 5 nitrogen and oxygen atoms in total. The third-order valence-electron chi connectivity index (χ3n) is 3.24. The molecule has 6 heteroatoms. The van der Waals surface area contributed by atoms with Gasteiger partial charge in [-0.3, -0.25) is 10.1 Å². The molecule has 2 aromatic heterocycles. The Morgan fingerprint density at radius 2 is 1.90 bits per heavy atom. The van der Waals surface area contributed by atoms with Gasteiger partial charge in [0.2, 0.25) is 6.79 Å². The van der Waals surface area contributed by atoms with E-state index >= 15 is 0 Å². The van der Waals surface area contributed by atoms with Crippen molar-refractivity contribution in [1.82, 2.24) is 15.2 Å². The van der Waals surface area contributed by atoms with Gasteiger partial charge in [0.05, 0.1) is 17.1 Å².